The molecule has 0 aliphatic rings. The van der Waals surface area contributed by atoms with Crippen molar-refractivity contribution in [2.45, 2.75) is 13.0 Å². The molecule has 0 aliphatic carbocycles. The van der Waals surface area contributed by atoms with Gasteiger partial charge in [-0.2, -0.15) is 0 Å². The van der Waals surface area contributed by atoms with E-state index in [1.54, 1.807) is 67.6 Å². The third kappa shape index (κ3) is 5.34. The van der Waals surface area contributed by atoms with Crippen molar-refractivity contribution >= 4 is 34.8 Å². The zero-order valence-electron chi connectivity index (χ0n) is 15.2. The van der Waals surface area contributed by atoms with Gasteiger partial charge in [-0.15, -0.1) is 0 Å². The maximum absolute atomic E-state index is 12.3. The van der Waals surface area contributed by atoms with Gasteiger partial charge < -0.3 is 15.4 Å². The summed E-state index contributed by atoms with van der Waals surface area (Å²) in [5.41, 5.74) is 1.82. The summed E-state index contributed by atoms with van der Waals surface area (Å²) in [6.45, 7) is 1.66. The summed E-state index contributed by atoms with van der Waals surface area (Å²) in [6.07, 6.45) is -0.705. The number of benzene rings is 3. The summed E-state index contributed by atoms with van der Waals surface area (Å²) in [6, 6.07) is 22.7. The van der Waals surface area contributed by atoms with Crippen LogP contribution in [0, 0.1) is 0 Å². The number of carbonyl (C=O) groups is 2. The Kier molecular flexibility index (Phi) is 6.29. The monoisotopic (exact) mass is 394 g/mol. The largest absolute Gasteiger partial charge is 0.481 e. The van der Waals surface area contributed by atoms with Gasteiger partial charge >= 0.3 is 0 Å². The summed E-state index contributed by atoms with van der Waals surface area (Å²) in [5.74, 6) is 0.0405. The Morgan fingerprint density at radius 2 is 1.57 bits per heavy atom. The second-order valence-electron chi connectivity index (χ2n) is 6.10. The first-order chi connectivity index (χ1) is 13.5. The van der Waals surface area contributed by atoms with Crippen LogP contribution >= 0.6 is 11.6 Å². The molecular weight excluding hydrogens is 376 g/mol. The molecule has 6 heteroatoms. The highest BCUT2D eigenvalue weighted by Gasteiger charge is 2.15. The predicted octanol–water partition coefficient (Wildman–Crippen LogP) is 5.00. The number of nitrogens with one attached hydrogen (secondary N) is 2. The van der Waals surface area contributed by atoms with E-state index in [0.29, 0.717) is 27.7 Å². The summed E-state index contributed by atoms with van der Waals surface area (Å²) in [4.78, 5) is 24.4. The molecule has 142 valence electrons. The fraction of sp³-hybridized carbons (Fsp3) is 0.0909. The number of anilines is 2. The van der Waals surface area contributed by atoms with Gasteiger partial charge in [0.2, 0.25) is 0 Å². The number of halogens is 1. The molecule has 1 atom stereocenters. The van der Waals surface area contributed by atoms with Crippen molar-refractivity contribution < 1.29 is 14.3 Å². The SMILES string of the molecule is C[C@H](Oc1ccc(NC(=O)c2ccccc2)cc1)C(=O)Nc1cccc(Cl)c1. The molecule has 0 radical (unpaired) electrons. The van der Waals surface area contributed by atoms with Crippen LogP contribution in [0.4, 0.5) is 11.4 Å². The van der Waals surface area contributed by atoms with Crippen LogP contribution in [-0.2, 0) is 4.79 Å². The minimum atomic E-state index is -0.705. The van der Waals surface area contributed by atoms with Crippen molar-refractivity contribution in [2.75, 3.05) is 10.6 Å². The van der Waals surface area contributed by atoms with Crippen molar-refractivity contribution in [2.24, 2.45) is 0 Å². The first kappa shape index (κ1) is 19.5. The van der Waals surface area contributed by atoms with Gasteiger partial charge in [-0.25, -0.2) is 0 Å². The smallest absolute Gasteiger partial charge is 0.265 e. The van der Waals surface area contributed by atoms with E-state index in [1.165, 1.54) is 0 Å². The molecule has 0 aromatic heterocycles. The van der Waals surface area contributed by atoms with Crippen LogP contribution in [-0.4, -0.2) is 17.9 Å². The van der Waals surface area contributed by atoms with Crippen LogP contribution in [0.25, 0.3) is 0 Å². The lowest BCUT2D eigenvalue weighted by atomic mass is 10.2. The van der Waals surface area contributed by atoms with Crippen molar-refractivity contribution in [3.8, 4) is 5.75 Å². The maximum atomic E-state index is 12.3. The average molecular weight is 395 g/mol. The average Bonchev–Trinajstić information content (AvgIpc) is 2.70. The lowest BCUT2D eigenvalue weighted by molar-refractivity contribution is -0.122. The van der Waals surface area contributed by atoms with Crippen LogP contribution in [0.3, 0.4) is 0 Å². The zero-order chi connectivity index (χ0) is 19.9. The third-order valence-corrected chi connectivity index (χ3v) is 4.16. The van der Waals surface area contributed by atoms with Gasteiger partial charge in [0.1, 0.15) is 5.75 Å². The highest BCUT2D eigenvalue weighted by molar-refractivity contribution is 6.30. The lowest BCUT2D eigenvalue weighted by Crippen LogP contribution is -2.30. The highest BCUT2D eigenvalue weighted by Crippen LogP contribution is 2.19. The Morgan fingerprint density at radius 3 is 2.25 bits per heavy atom. The van der Waals surface area contributed by atoms with Gasteiger partial charge in [0, 0.05) is 22.0 Å². The summed E-state index contributed by atoms with van der Waals surface area (Å²) in [5, 5.41) is 6.11. The van der Waals surface area contributed by atoms with Crippen molar-refractivity contribution in [1.29, 1.82) is 0 Å². The molecule has 0 unspecified atom stereocenters. The number of rotatable bonds is 6. The molecule has 2 N–H and O–H groups in total. The fourth-order valence-corrected chi connectivity index (χ4v) is 2.67. The third-order valence-electron chi connectivity index (χ3n) is 3.92. The Bertz CT molecular complexity index is 959. The minimum absolute atomic E-state index is 0.191. The highest BCUT2D eigenvalue weighted by atomic mass is 35.5. The molecule has 0 bridgehead atoms. The van der Waals surface area contributed by atoms with Crippen molar-refractivity contribution in [3.05, 3.63) is 89.4 Å². The van der Waals surface area contributed by atoms with Crippen LogP contribution in [0.2, 0.25) is 5.02 Å². The standard InChI is InChI=1S/C22H19ClN2O3/c1-15(21(26)25-19-9-5-8-17(23)14-19)28-20-12-10-18(11-13-20)24-22(27)16-6-3-2-4-7-16/h2-15H,1H3,(H,24,27)(H,25,26)/t15-/m0/s1. The molecule has 28 heavy (non-hydrogen) atoms. The lowest BCUT2D eigenvalue weighted by Gasteiger charge is -2.15. The first-order valence-corrected chi connectivity index (χ1v) is 9.08. The molecule has 0 saturated heterocycles. The molecule has 3 aromatic rings. The quantitative estimate of drug-likeness (QED) is 0.618. The molecular formula is C22H19ClN2O3. The molecule has 3 aromatic carbocycles. The first-order valence-electron chi connectivity index (χ1n) is 8.71. The molecule has 0 heterocycles. The summed E-state index contributed by atoms with van der Waals surface area (Å²) < 4.78 is 5.67. The van der Waals surface area contributed by atoms with Gasteiger partial charge in [-0.1, -0.05) is 35.9 Å². The van der Waals surface area contributed by atoms with E-state index >= 15 is 0 Å². The number of hydrogen-bond donors (Lipinski definition) is 2. The number of ether oxygens (including phenoxy) is 1. The summed E-state index contributed by atoms with van der Waals surface area (Å²) in [7, 11) is 0. The van der Waals surface area contributed by atoms with Gasteiger partial charge in [0.15, 0.2) is 6.10 Å². The number of hydrogen-bond acceptors (Lipinski definition) is 3. The van der Waals surface area contributed by atoms with Gasteiger partial charge in [-0.3, -0.25) is 9.59 Å². The van der Waals surface area contributed by atoms with Crippen LogP contribution in [0.1, 0.15) is 17.3 Å². The predicted molar refractivity (Wildman–Crippen MR) is 111 cm³/mol. The van der Waals surface area contributed by atoms with Crippen LogP contribution in [0.5, 0.6) is 5.75 Å². The van der Waals surface area contributed by atoms with Gasteiger partial charge in [0.25, 0.3) is 11.8 Å². The number of carbonyl (C=O) groups excluding carboxylic acids is 2. The Hall–Kier alpha value is -3.31. The Labute approximate surface area is 168 Å². The van der Waals surface area contributed by atoms with E-state index in [9.17, 15) is 9.59 Å². The molecule has 3 rings (SSSR count). The maximum Gasteiger partial charge on any atom is 0.265 e. The second kappa shape index (κ2) is 9.06. The fourth-order valence-electron chi connectivity index (χ4n) is 2.48. The minimum Gasteiger partial charge on any atom is -0.481 e. The second-order valence-corrected chi connectivity index (χ2v) is 6.54. The van der Waals surface area contributed by atoms with Crippen molar-refractivity contribution in [1.82, 2.24) is 0 Å². The summed E-state index contributed by atoms with van der Waals surface area (Å²) >= 11 is 5.92. The van der Waals surface area contributed by atoms with E-state index in [4.69, 9.17) is 16.3 Å². The van der Waals surface area contributed by atoms with E-state index < -0.39 is 6.10 Å². The van der Waals surface area contributed by atoms with E-state index in [2.05, 4.69) is 10.6 Å². The van der Waals surface area contributed by atoms with Crippen LogP contribution in [0.15, 0.2) is 78.9 Å². The Morgan fingerprint density at radius 1 is 0.857 bits per heavy atom. The molecule has 2 amide bonds. The van der Waals surface area contributed by atoms with E-state index in [0.717, 1.165) is 0 Å². The molecule has 5 nitrogen and oxygen atoms in total. The van der Waals surface area contributed by atoms with E-state index in [1.807, 2.05) is 18.2 Å². The van der Waals surface area contributed by atoms with Gasteiger partial charge in [0.05, 0.1) is 0 Å². The normalized spacial score (nSPS) is 11.4. The molecule has 0 fully saturated rings. The molecule has 0 aliphatic heterocycles. The van der Waals surface area contributed by atoms with E-state index in [-0.39, 0.29) is 11.8 Å². The zero-order valence-corrected chi connectivity index (χ0v) is 15.9. The topological polar surface area (TPSA) is 67.4 Å². The Balaban J connectivity index is 1.56. The van der Waals surface area contributed by atoms with Gasteiger partial charge in [-0.05, 0) is 61.5 Å². The number of amides is 2. The van der Waals surface area contributed by atoms with Crippen molar-refractivity contribution in [3.63, 3.8) is 0 Å². The molecule has 0 saturated carbocycles. The molecule has 0 spiro atoms. The van der Waals surface area contributed by atoms with Crippen LogP contribution < -0.4 is 15.4 Å².